The molecule has 23 atom stereocenters. The lowest BCUT2D eigenvalue weighted by Gasteiger charge is -2.66. The SMILES string of the molecule is CO[C@H]1[C@@H](O)[C@H](O[C@@H]2[C@@H](C)O[C@@H](O[C@H]3[C@@H](OC)C[C@H](O[C@H]4CC[C@@]5(C)[C@H](CC[C@@H]6[C@@H]5[C@H](OC(C)=O)[C@@H](OC(=O)C=Cc5ccccc5)[C@]5(C)[C@@H](C(C)=O)CC[C@]65O)C4)O[C@@H]3C)C[C@H]2OC)O[C@H](C)[C@H]1O. The normalized spacial score (nSPS) is 47.2. The van der Waals surface area contributed by atoms with Crippen LogP contribution in [0.2, 0.25) is 0 Å². The lowest BCUT2D eigenvalue weighted by atomic mass is 9.41. The van der Waals surface area contributed by atoms with E-state index in [1.807, 2.05) is 51.1 Å². The first-order valence-electron chi connectivity index (χ1n) is 25.5. The van der Waals surface area contributed by atoms with Crippen LogP contribution in [0.4, 0.5) is 0 Å². The molecule has 8 rings (SSSR count). The van der Waals surface area contributed by atoms with Crippen molar-refractivity contribution >= 4 is 23.8 Å². The Morgan fingerprint density at radius 3 is 1.96 bits per heavy atom. The van der Waals surface area contributed by atoms with Crippen LogP contribution < -0.4 is 0 Å². The first-order chi connectivity index (χ1) is 33.3. The van der Waals surface area contributed by atoms with Crippen molar-refractivity contribution < 1.29 is 81.8 Å². The quantitative estimate of drug-likeness (QED) is 0.126. The highest BCUT2D eigenvalue weighted by molar-refractivity contribution is 5.87. The summed E-state index contributed by atoms with van der Waals surface area (Å²) in [5.41, 5.74) is -2.19. The topological polar surface area (TPSA) is 213 Å². The Labute approximate surface area is 412 Å². The van der Waals surface area contributed by atoms with Crippen molar-refractivity contribution in [3.05, 3.63) is 42.0 Å². The number of aliphatic hydroxyl groups excluding tert-OH is 2. The Morgan fingerprint density at radius 1 is 0.700 bits per heavy atom. The maximum absolute atomic E-state index is 13.8. The molecular formula is C53H78O17. The first-order valence-corrected chi connectivity index (χ1v) is 25.5. The number of methoxy groups -OCH3 is 3. The average Bonchev–Trinajstić information content (AvgIpc) is 3.61. The van der Waals surface area contributed by atoms with E-state index in [9.17, 15) is 29.7 Å². The van der Waals surface area contributed by atoms with Gasteiger partial charge in [0.15, 0.2) is 18.9 Å². The van der Waals surface area contributed by atoms with Gasteiger partial charge in [0, 0.05) is 64.4 Å². The zero-order valence-electron chi connectivity index (χ0n) is 42.5. The van der Waals surface area contributed by atoms with E-state index < -0.39 is 126 Å². The number of rotatable bonds is 14. The van der Waals surface area contributed by atoms with Crippen LogP contribution in [0.15, 0.2) is 36.4 Å². The number of aliphatic hydroxyl groups is 3. The van der Waals surface area contributed by atoms with Gasteiger partial charge in [0.25, 0.3) is 0 Å². The molecule has 1 aromatic rings. The van der Waals surface area contributed by atoms with Gasteiger partial charge in [0.2, 0.25) is 0 Å². The second-order valence-electron chi connectivity index (χ2n) is 21.7. The third kappa shape index (κ3) is 9.93. The van der Waals surface area contributed by atoms with E-state index >= 15 is 0 Å². The van der Waals surface area contributed by atoms with Crippen LogP contribution in [-0.4, -0.2) is 158 Å². The summed E-state index contributed by atoms with van der Waals surface area (Å²) < 4.78 is 68.5. The van der Waals surface area contributed by atoms with Gasteiger partial charge < -0.3 is 67.4 Å². The second-order valence-corrected chi connectivity index (χ2v) is 21.7. The van der Waals surface area contributed by atoms with Crippen LogP contribution in [0.25, 0.3) is 6.08 Å². The lowest BCUT2D eigenvalue weighted by Crippen LogP contribution is -2.73. The first kappa shape index (κ1) is 53.4. The molecule has 4 saturated carbocycles. The molecule has 7 aliphatic rings. The van der Waals surface area contributed by atoms with Gasteiger partial charge in [-0.25, -0.2) is 4.79 Å². The van der Waals surface area contributed by atoms with Gasteiger partial charge in [-0.3, -0.25) is 9.59 Å². The minimum absolute atomic E-state index is 0.0903. The molecule has 70 heavy (non-hydrogen) atoms. The Morgan fingerprint density at radius 2 is 1.34 bits per heavy atom. The molecule has 3 heterocycles. The standard InChI is InChI=1S/C53H78O17/c1-27(54)35-21-23-53(59)36-18-17-33-24-34(20-22-51(33,6)42(36)47(66-31(5)55)49(52(35,53)7)68-39(56)19-16-32-14-12-11-13-15-32)67-40-25-37(60-8)45(29(3)63-40)69-41-26-38(61-9)46(30(4)64-41)70-50-44(58)48(62-10)43(57)28(2)65-50/h11-16,19,28-30,33-38,40-50,57-59H,17-18,20-26H2,1-10H3/t28-,29-,30-,33-,34+,35-,36-,37+,38-,40+,41+,42-,43-,44-,45-,46-,47+,48-,49-,50+,51+,52+,53+/m1/s1. The maximum atomic E-state index is 13.8. The summed E-state index contributed by atoms with van der Waals surface area (Å²) >= 11 is 0. The molecule has 0 bridgehead atoms. The lowest BCUT2D eigenvalue weighted by molar-refractivity contribution is -0.352. The Kier molecular flexibility index (Phi) is 16.4. The number of carbonyl (C=O) groups is 3. The summed E-state index contributed by atoms with van der Waals surface area (Å²) in [4.78, 5) is 40.4. The van der Waals surface area contributed by atoms with Crippen molar-refractivity contribution in [3.63, 3.8) is 0 Å². The van der Waals surface area contributed by atoms with Gasteiger partial charge >= 0.3 is 11.9 Å². The minimum atomic E-state index is -1.35. The summed E-state index contributed by atoms with van der Waals surface area (Å²) in [7, 11) is 4.64. The minimum Gasteiger partial charge on any atom is -0.458 e. The Bertz CT molecular complexity index is 2000. The van der Waals surface area contributed by atoms with Crippen LogP contribution in [-0.2, 0) is 66.5 Å². The average molecular weight is 987 g/mol. The summed E-state index contributed by atoms with van der Waals surface area (Å²) in [6.07, 6.45) is -3.20. The molecular weight excluding hydrogens is 909 g/mol. The maximum Gasteiger partial charge on any atom is 0.331 e. The predicted molar refractivity (Wildman–Crippen MR) is 250 cm³/mol. The van der Waals surface area contributed by atoms with Crippen molar-refractivity contribution in [3.8, 4) is 0 Å². The highest BCUT2D eigenvalue weighted by atomic mass is 16.8. The van der Waals surface area contributed by atoms with Crippen molar-refractivity contribution in [2.75, 3.05) is 21.3 Å². The molecule has 3 aliphatic heterocycles. The number of carbonyl (C=O) groups excluding carboxylic acids is 3. The number of ether oxygens (including phenoxy) is 11. The molecule has 0 aromatic heterocycles. The molecule has 3 N–H and O–H groups in total. The van der Waals surface area contributed by atoms with E-state index in [0.29, 0.717) is 51.4 Å². The van der Waals surface area contributed by atoms with E-state index in [4.69, 9.17) is 52.1 Å². The Hall–Kier alpha value is -2.91. The van der Waals surface area contributed by atoms with Crippen LogP contribution >= 0.6 is 0 Å². The third-order valence-electron chi connectivity index (χ3n) is 17.9. The van der Waals surface area contributed by atoms with Gasteiger partial charge in [0.05, 0.1) is 42.2 Å². The second kappa shape index (κ2) is 21.5. The molecule has 3 saturated heterocycles. The predicted octanol–water partition coefficient (Wildman–Crippen LogP) is 5.06. The molecule has 392 valence electrons. The number of fused-ring (bicyclic) bond motifs is 5. The number of hydrogen-bond donors (Lipinski definition) is 3. The van der Waals surface area contributed by atoms with E-state index in [-0.39, 0.29) is 29.6 Å². The van der Waals surface area contributed by atoms with Crippen LogP contribution in [0.3, 0.4) is 0 Å². The summed E-state index contributed by atoms with van der Waals surface area (Å²) in [5, 5.41) is 34.5. The largest absolute Gasteiger partial charge is 0.458 e. The zero-order valence-corrected chi connectivity index (χ0v) is 42.5. The fourth-order valence-corrected chi connectivity index (χ4v) is 14.3. The highest BCUT2D eigenvalue weighted by Crippen LogP contribution is 2.70. The van der Waals surface area contributed by atoms with Gasteiger partial charge in [-0.15, -0.1) is 0 Å². The van der Waals surface area contributed by atoms with Gasteiger partial charge in [-0.2, -0.15) is 0 Å². The summed E-state index contributed by atoms with van der Waals surface area (Å²) in [5.74, 6) is -2.40. The summed E-state index contributed by atoms with van der Waals surface area (Å²) in [6.45, 7) is 12.4. The number of esters is 2. The fourth-order valence-electron chi connectivity index (χ4n) is 14.3. The molecule has 17 nitrogen and oxygen atoms in total. The van der Waals surface area contributed by atoms with E-state index in [1.165, 1.54) is 27.0 Å². The summed E-state index contributed by atoms with van der Waals surface area (Å²) in [6, 6.07) is 9.38. The third-order valence-corrected chi connectivity index (χ3v) is 17.9. The Balaban J connectivity index is 0.935. The van der Waals surface area contributed by atoms with E-state index in [2.05, 4.69) is 6.92 Å². The molecule has 7 fully saturated rings. The molecule has 0 amide bonds. The van der Waals surface area contributed by atoms with Crippen LogP contribution in [0, 0.1) is 34.5 Å². The molecule has 0 unspecified atom stereocenters. The number of ketones is 1. The van der Waals surface area contributed by atoms with Crippen LogP contribution in [0.1, 0.15) is 112 Å². The molecule has 1 aromatic carbocycles. The van der Waals surface area contributed by atoms with Crippen molar-refractivity contribution in [1.29, 1.82) is 0 Å². The zero-order chi connectivity index (χ0) is 50.4. The van der Waals surface area contributed by atoms with Crippen LogP contribution in [0.5, 0.6) is 0 Å². The van der Waals surface area contributed by atoms with E-state index in [1.54, 1.807) is 27.2 Å². The van der Waals surface area contributed by atoms with Gasteiger partial charge in [0.1, 0.15) is 48.5 Å². The molecule has 4 aliphatic carbocycles. The molecule has 0 spiro atoms. The fraction of sp³-hybridized carbons (Fsp3) is 0.792. The monoisotopic (exact) mass is 987 g/mol. The smallest absolute Gasteiger partial charge is 0.331 e. The van der Waals surface area contributed by atoms with E-state index in [0.717, 1.165) is 12.0 Å². The molecule has 0 radical (unpaired) electrons. The molecule has 17 heteroatoms. The van der Waals surface area contributed by atoms with Crippen molar-refractivity contribution in [2.45, 2.75) is 210 Å². The highest BCUT2D eigenvalue weighted by Gasteiger charge is 2.76. The number of hydrogen-bond acceptors (Lipinski definition) is 17. The van der Waals surface area contributed by atoms with Crippen molar-refractivity contribution in [1.82, 2.24) is 0 Å². The van der Waals surface area contributed by atoms with Gasteiger partial charge in [-0.1, -0.05) is 44.2 Å². The number of benzene rings is 1. The van der Waals surface area contributed by atoms with Crippen molar-refractivity contribution in [2.24, 2.45) is 34.5 Å². The van der Waals surface area contributed by atoms with Gasteiger partial charge in [-0.05, 0) is 102 Å². The number of Topliss-reactive ketones (excluding diaryl/α,β-unsaturated/α-hetero) is 1.